The molecule has 0 saturated carbocycles. The molecule has 0 unspecified atom stereocenters. The maximum atomic E-state index is 12.3. The Morgan fingerprint density at radius 2 is 1.63 bits per heavy atom. The van der Waals surface area contributed by atoms with Gasteiger partial charge in [0.25, 0.3) is 5.91 Å². The summed E-state index contributed by atoms with van der Waals surface area (Å²) in [4.78, 5) is 23.0. The number of anilines is 1. The van der Waals surface area contributed by atoms with Crippen molar-refractivity contribution in [1.82, 2.24) is 0 Å². The Bertz CT molecular complexity index is 1100. The molecule has 6 heteroatoms. The number of amides is 1. The van der Waals surface area contributed by atoms with E-state index in [-0.39, 0.29) is 17.7 Å². The Balaban J connectivity index is 1.61. The molecule has 3 aromatic carbocycles. The van der Waals surface area contributed by atoms with Crippen molar-refractivity contribution >= 4 is 23.6 Å². The largest absolute Gasteiger partial charge is 0.545 e. The summed E-state index contributed by atoms with van der Waals surface area (Å²) in [6.45, 7) is 0.269. The molecule has 0 atom stereocenters. The maximum Gasteiger partial charge on any atom is 0.266 e. The molecule has 0 radical (unpaired) electrons. The lowest BCUT2D eigenvalue weighted by Crippen LogP contribution is -2.22. The molecule has 0 aliphatic carbocycles. The first-order valence-corrected chi connectivity index (χ1v) is 9.06. The molecule has 0 aromatic heterocycles. The number of ether oxygens (including phenoxy) is 1. The number of carbonyl (C=O) groups excluding carboxylic acids is 2. The third kappa shape index (κ3) is 5.57. The van der Waals surface area contributed by atoms with Gasteiger partial charge in [-0.1, -0.05) is 54.6 Å². The van der Waals surface area contributed by atoms with Gasteiger partial charge in [-0.25, -0.2) is 0 Å². The van der Waals surface area contributed by atoms with Crippen LogP contribution in [0.15, 0.2) is 84.4 Å². The monoisotopic (exact) mass is 397 g/mol. The molecular weight excluding hydrogens is 380 g/mol. The van der Waals surface area contributed by atoms with Gasteiger partial charge in [-0.05, 0) is 47.0 Å². The quantitative estimate of drug-likeness (QED) is 0.487. The first-order chi connectivity index (χ1) is 14.5. The number of benzene rings is 3. The average molecular weight is 397 g/mol. The van der Waals surface area contributed by atoms with Crippen LogP contribution in [-0.4, -0.2) is 11.9 Å². The topological polar surface area (TPSA) is 102 Å². The summed E-state index contributed by atoms with van der Waals surface area (Å²) < 4.78 is 5.68. The van der Waals surface area contributed by atoms with Crippen LogP contribution in [0.4, 0.5) is 5.69 Å². The highest BCUT2D eigenvalue weighted by Crippen LogP contribution is 2.17. The van der Waals surface area contributed by atoms with Gasteiger partial charge in [0, 0.05) is 5.69 Å². The van der Waals surface area contributed by atoms with E-state index in [2.05, 4.69) is 5.32 Å². The van der Waals surface area contributed by atoms with Crippen LogP contribution in [0, 0.1) is 11.3 Å². The molecule has 148 valence electrons. The molecule has 0 aliphatic rings. The van der Waals surface area contributed by atoms with E-state index in [1.54, 1.807) is 60.7 Å². The fraction of sp³-hybridized carbons (Fsp3) is 0.0417. The van der Waals surface area contributed by atoms with Crippen molar-refractivity contribution in [2.75, 3.05) is 5.32 Å². The van der Waals surface area contributed by atoms with Crippen LogP contribution in [0.2, 0.25) is 0 Å². The predicted molar refractivity (Wildman–Crippen MR) is 110 cm³/mol. The summed E-state index contributed by atoms with van der Waals surface area (Å²) in [5, 5.41) is 22.8. The number of carbonyl (C=O) groups is 2. The number of rotatable bonds is 7. The second-order valence-corrected chi connectivity index (χ2v) is 6.33. The van der Waals surface area contributed by atoms with Gasteiger partial charge < -0.3 is 20.0 Å². The number of aromatic carboxylic acids is 1. The van der Waals surface area contributed by atoms with Crippen molar-refractivity contribution in [3.63, 3.8) is 0 Å². The number of hydrogen-bond donors (Lipinski definition) is 1. The van der Waals surface area contributed by atoms with Gasteiger partial charge in [0.05, 0.1) is 5.97 Å². The van der Waals surface area contributed by atoms with Crippen LogP contribution in [0.1, 0.15) is 21.5 Å². The molecule has 0 fully saturated rings. The van der Waals surface area contributed by atoms with Crippen molar-refractivity contribution < 1.29 is 19.4 Å². The first kappa shape index (κ1) is 20.4. The number of nitrogens with zero attached hydrogens (tertiary/aromatic N) is 1. The zero-order chi connectivity index (χ0) is 21.3. The van der Waals surface area contributed by atoms with E-state index >= 15 is 0 Å². The van der Waals surface area contributed by atoms with E-state index in [1.807, 2.05) is 12.1 Å². The van der Waals surface area contributed by atoms with Gasteiger partial charge >= 0.3 is 0 Å². The minimum atomic E-state index is -1.22. The Kier molecular flexibility index (Phi) is 6.59. The number of nitrogens with one attached hydrogen (secondary N) is 1. The Labute approximate surface area is 173 Å². The predicted octanol–water partition coefficient (Wildman–Crippen LogP) is 3.17. The average Bonchev–Trinajstić information content (AvgIpc) is 2.77. The van der Waals surface area contributed by atoms with Gasteiger partial charge in [0.15, 0.2) is 0 Å². The van der Waals surface area contributed by atoms with Crippen molar-refractivity contribution in [2.24, 2.45) is 0 Å². The molecule has 6 nitrogen and oxygen atoms in total. The van der Waals surface area contributed by atoms with Crippen molar-refractivity contribution in [3.05, 3.63) is 101 Å². The van der Waals surface area contributed by atoms with Crippen LogP contribution < -0.4 is 15.2 Å². The molecule has 30 heavy (non-hydrogen) atoms. The van der Waals surface area contributed by atoms with Gasteiger partial charge in [-0.3, -0.25) is 4.79 Å². The second-order valence-electron chi connectivity index (χ2n) is 6.33. The smallest absolute Gasteiger partial charge is 0.266 e. The molecule has 1 N–H and O–H groups in total. The highest BCUT2D eigenvalue weighted by atomic mass is 16.5. The van der Waals surface area contributed by atoms with E-state index in [1.165, 1.54) is 18.2 Å². The fourth-order valence-corrected chi connectivity index (χ4v) is 2.60. The normalized spacial score (nSPS) is 10.7. The standard InChI is InChI=1S/C24H18N2O4/c25-15-20(23(27)26-21-4-2-1-3-5-21)14-17-8-12-22(13-9-17)30-16-18-6-10-19(11-7-18)24(28)29/h1-14H,16H2,(H,26,27)(H,28,29)/p-1/b20-14+. The molecule has 0 bridgehead atoms. The Morgan fingerprint density at radius 1 is 0.967 bits per heavy atom. The maximum absolute atomic E-state index is 12.3. The van der Waals surface area contributed by atoms with Gasteiger partial charge in [0.1, 0.15) is 24.0 Å². The van der Waals surface area contributed by atoms with Crippen LogP contribution >= 0.6 is 0 Å². The summed E-state index contributed by atoms with van der Waals surface area (Å²) in [7, 11) is 0. The lowest BCUT2D eigenvalue weighted by atomic mass is 10.1. The molecule has 0 spiro atoms. The number of hydrogen-bond acceptors (Lipinski definition) is 5. The van der Waals surface area contributed by atoms with E-state index in [4.69, 9.17) is 4.74 Å². The molecule has 3 aromatic rings. The molecule has 0 aliphatic heterocycles. The minimum Gasteiger partial charge on any atom is -0.545 e. The molecular formula is C24H17N2O4-. The third-order valence-electron chi connectivity index (χ3n) is 4.18. The SMILES string of the molecule is N#C/C(=C\c1ccc(OCc2ccc(C(=O)[O-])cc2)cc1)C(=O)Nc1ccccc1. The van der Waals surface area contributed by atoms with E-state index in [9.17, 15) is 20.0 Å². The van der Waals surface area contributed by atoms with Gasteiger partial charge in [0.2, 0.25) is 0 Å². The van der Waals surface area contributed by atoms with Crippen LogP contribution in [0.25, 0.3) is 6.08 Å². The van der Waals surface area contributed by atoms with Crippen molar-refractivity contribution in [2.45, 2.75) is 6.61 Å². The highest BCUT2D eigenvalue weighted by molar-refractivity contribution is 6.09. The van der Waals surface area contributed by atoms with Crippen LogP contribution in [0.5, 0.6) is 5.75 Å². The Morgan fingerprint density at radius 3 is 2.23 bits per heavy atom. The highest BCUT2D eigenvalue weighted by Gasteiger charge is 2.09. The van der Waals surface area contributed by atoms with E-state index < -0.39 is 11.9 Å². The lowest BCUT2D eigenvalue weighted by Gasteiger charge is -2.08. The molecule has 0 saturated heterocycles. The lowest BCUT2D eigenvalue weighted by molar-refractivity contribution is -0.255. The third-order valence-corrected chi connectivity index (χ3v) is 4.18. The summed E-state index contributed by atoms with van der Waals surface area (Å²) in [6, 6.07) is 24.0. The number of carboxylic acid groups (broad SMARTS) is 1. The van der Waals surface area contributed by atoms with E-state index in [0.717, 1.165) is 5.56 Å². The van der Waals surface area contributed by atoms with Crippen molar-refractivity contribution in [3.8, 4) is 11.8 Å². The molecule has 3 rings (SSSR count). The van der Waals surface area contributed by atoms with Crippen LogP contribution in [-0.2, 0) is 11.4 Å². The summed E-state index contributed by atoms with van der Waals surface area (Å²) in [6.07, 6.45) is 1.50. The summed E-state index contributed by atoms with van der Waals surface area (Å²) in [5.41, 5.74) is 2.20. The zero-order valence-electron chi connectivity index (χ0n) is 15.9. The summed E-state index contributed by atoms with van der Waals surface area (Å²) in [5.74, 6) is -1.10. The van der Waals surface area contributed by atoms with Crippen molar-refractivity contribution in [1.29, 1.82) is 5.26 Å². The summed E-state index contributed by atoms with van der Waals surface area (Å²) >= 11 is 0. The minimum absolute atomic E-state index is 0.0134. The first-order valence-electron chi connectivity index (χ1n) is 9.06. The van der Waals surface area contributed by atoms with E-state index in [0.29, 0.717) is 17.0 Å². The van der Waals surface area contributed by atoms with Crippen LogP contribution in [0.3, 0.4) is 0 Å². The second kappa shape index (κ2) is 9.71. The zero-order valence-corrected chi connectivity index (χ0v) is 15.9. The number of carboxylic acids is 1. The van der Waals surface area contributed by atoms with Gasteiger partial charge in [-0.15, -0.1) is 0 Å². The number of para-hydroxylation sites is 1. The Hall–Kier alpha value is -4.37. The number of nitriles is 1. The molecule has 1 amide bonds. The fourth-order valence-electron chi connectivity index (χ4n) is 2.60. The molecule has 0 heterocycles. The van der Waals surface area contributed by atoms with Gasteiger partial charge in [-0.2, -0.15) is 5.26 Å².